The fraction of sp³-hybridized carbons (Fsp3) is 0.308. The number of thiophene rings is 2. The Morgan fingerprint density at radius 2 is 2.32 bits per heavy atom. The minimum atomic E-state index is -1.18. The molecular formula is C13H15NO3S2. The van der Waals surface area contributed by atoms with E-state index in [0.29, 0.717) is 0 Å². The van der Waals surface area contributed by atoms with Crippen LogP contribution in [0, 0.1) is 0 Å². The average Bonchev–Trinajstić information content (AvgIpc) is 3.08. The molecule has 0 saturated heterocycles. The fourth-order valence-electron chi connectivity index (χ4n) is 1.75. The van der Waals surface area contributed by atoms with Crippen LogP contribution in [0.25, 0.3) is 0 Å². The summed E-state index contributed by atoms with van der Waals surface area (Å²) in [7, 11) is 1.46. The SMILES string of the molecule is COCC(=O)NC[C@](O)(c1ccsc1)c1cccs1. The summed E-state index contributed by atoms with van der Waals surface area (Å²) in [5.41, 5.74) is -0.393. The van der Waals surface area contributed by atoms with Crippen LogP contribution in [-0.4, -0.2) is 31.3 Å². The van der Waals surface area contributed by atoms with Gasteiger partial charge in [0.1, 0.15) is 12.2 Å². The third kappa shape index (κ3) is 3.22. The van der Waals surface area contributed by atoms with Gasteiger partial charge in [-0.2, -0.15) is 11.3 Å². The van der Waals surface area contributed by atoms with Gasteiger partial charge in [0, 0.05) is 17.6 Å². The number of nitrogens with one attached hydrogen (secondary N) is 1. The molecule has 0 aliphatic heterocycles. The number of rotatable bonds is 6. The van der Waals surface area contributed by atoms with Gasteiger partial charge in [-0.1, -0.05) is 6.07 Å². The molecule has 1 amide bonds. The largest absolute Gasteiger partial charge is 0.378 e. The Morgan fingerprint density at radius 1 is 1.47 bits per heavy atom. The van der Waals surface area contributed by atoms with Gasteiger partial charge in [-0.3, -0.25) is 4.79 Å². The van der Waals surface area contributed by atoms with Gasteiger partial charge in [0.25, 0.3) is 0 Å². The lowest BCUT2D eigenvalue weighted by molar-refractivity contribution is -0.125. The van der Waals surface area contributed by atoms with Crippen molar-refractivity contribution in [3.8, 4) is 0 Å². The van der Waals surface area contributed by atoms with Crippen LogP contribution in [0.1, 0.15) is 10.4 Å². The van der Waals surface area contributed by atoms with Gasteiger partial charge in [0.2, 0.25) is 5.91 Å². The maximum atomic E-state index is 11.5. The van der Waals surface area contributed by atoms with Gasteiger partial charge in [0.05, 0.1) is 6.54 Å². The zero-order chi connectivity index (χ0) is 13.7. The van der Waals surface area contributed by atoms with Gasteiger partial charge in [-0.15, -0.1) is 11.3 Å². The van der Waals surface area contributed by atoms with Crippen molar-refractivity contribution in [3.05, 3.63) is 44.8 Å². The van der Waals surface area contributed by atoms with E-state index in [9.17, 15) is 9.90 Å². The Bertz CT molecular complexity index is 474. The summed E-state index contributed by atoms with van der Waals surface area (Å²) in [6.07, 6.45) is 0. The lowest BCUT2D eigenvalue weighted by Crippen LogP contribution is -2.42. The van der Waals surface area contributed by atoms with Crippen molar-refractivity contribution in [1.82, 2.24) is 5.32 Å². The topological polar surface area (TPSA) is 58.6 Å². The summed E-state index contributed by atoms with van der Waals surface area (Å²) in [6, 6.07) is 5.62. The van der Waals surface area contributed by atoms with E-state index in [-0.39, 0.29) is 19.1 Å². The van der Waals surface area contributed by atoms with E-state index in [2.05, 4.69) is 5.32 Å². The molecule has 2 heterocycles. The highest BCUT2D eigenvalue weighted by atomic mass is 32.1. The number of aliphatic hydroxyl groups is 1. The molecule has 2 N–H and O–H groups in total. The summed E-state index contributed by atoms with van der Waals surface area (Å²) < 4.78 is 4.76. The van der Waals surface area contributed by atoms with Gasteiger partial charge < -0.3 is 15.2 Å². The first kappa shape index (κ1) is 14.2. The third-order valence-electron chi connectivity index (χ3n) is 2.74. The number of carbonyl (C=O) groups is 1. The normalized spacial score (nSPS) is 14.0. The average molecular weight is 297 g/mol. The number of methoxy groups -OCH3 is 1. The second kappa shape index (κ2) is 6.29. The second-order valence-electron chi connectivity index (χ2n) is 4.06. The van der Waals surface area contributed by atoms with E-state index in [1.165, 1.54) is 29.8 Å². The third-order valence-corrected chi connectivity index (χ3v) is 4.45. The number of hydrogen-bond acceptors (Lipinski definition) is 5. The van der Waals surface area contributed by atoms with E-state index < -0.39 is 5.60 Å². The maximum Gasteiger partial charge on any atom is 0.246 e. The molecule has 6 heteroatoms. The van der Waals surface area contributed by atoms with E-state index in [4.69, 9.17) is 4.74 Å². The van der Waals surface area contributed by atoms with Crippen LogP contribution in [0.4, 0.5) is 0 Å². The van der Waals surface area contributed by atoms with E-state index in [0.717, 1.165) is 10.4 Å². The highest BCUT2D eigenvalue weighted by Gasteiger charge is 2.33. The lowest BCUT2D eigenvalue weighted by Gasteiger charge is -2.26. The summed E-state index contributed by atoms with van der Waals surface area (Å²) in [5, 5.41) is 19.3. The molecule has 0 saturated carbocycles. The minimum Gasteiger partial charge on any atom is -0.378 e. The number of carbonyl (C=O) groups excluding carboxylic acids is 1. The van der Waals surface area contributed by atoms with Crippen molar-refractivity contribution in [1.29, 1.82) is 0 Å². The predicted molar refractivity (Wildman–Crippen MR) is 76.5 cm³/mol. The summed E-state index contributed by atoms with van der Waals surface area (Å²) in [4.78, 5) is 12.3. The molecule has 0 bridgehead atoms. The minimum absolute atomic E-state index is 0.00976. The Balaban J connectivity index is 2.19. The van der Waals surface area contributed by atoms with Crippen molar-refractivity contribution in [2.75, 3.05) is 20.3 Å². The quantitative estimate of drug-likeness (QED) is 0.855. The molecule has 2 aromatic rings. The molecule has 0 spiro atoms. The van der Waals surface area contributed by atoms with Crippen molar-refractivity contribution >= 4 is 28.6 Å². The monoisotopic (exact) mass is 297 g/mol. The van der Waals surface area contributed by atoms with Crippen molar-refractivity contribution in [2.45, 2.75) is 5.60 Å². The zero-order valence-corrected chi connectivity index (χ0v) is 12.1. The van der Waals surface area contributed by atoms with Crippen LogP contribution in [0.5, 0.6) is 0 Å². The van der Waals surface area contributed by atoms with E-state index >= 15 is 0 Å². The molecule has 0 aliphatic rings. The molecule has 0 aliphatic carbocycles. The Kier molecular flexibility index (Phi) is 4.71. The molecule has 4 nitrogen and oxygen atoms in total. The standard InChI is InChI=1S/C13H15NO3S2/c1-17-7-12(15)14-9-13(16,10-4-6-18-8-10)11-3-2-5-19-11/h2-6,8,16H,7,9H2,1H3,(H,14,15)/t13-/m0/s1. The fourth-order valence-corrected chi connectivity index (χ4v) is 3.32. The first-order valence-electron chi connectivity index (χ1n) is 5.71. The first-order chi connectivity index (χ1) is 9.16. The Labute approximate surface area is 119 Å². The molecule has 19 heavy (non-hydrogen) atoms. The predicted octanol–water partition coefficient (Wildman–Crippen LogP) is 1.81. The number of ether oxygens (including phenoxy) is 1. The maximum absolute atomic E-state index is 11.5. The molecule has 1 atom stereocenters. The molecular weight excluding hydrogens is 282 g/mol. The molecule has 0 radical (unpaired) electrons. The number of amides is 1. The molecule has 2 aromatic heterocycles. The van der Waals surface area contributed by atoms with E-state index in [1.807, 2.05) is 34.3 Å². The van der Waals surface area contributed by atoms with Crippen LogP contribution in [0.15, 0.2) is 34.3 Å². The molecule has 2 rings (SSSR count). The summed E-state index contributed by atoms with van der Waals surface area (Å²) in [5.74, 6) is -0.243. The highest BCUT2D eigenvalue weighted by molar-refractivity contribution is 7.10. The summed E-state index contributed by atoms with van der Waals surface area (Å²) in [6.45, 7) is 0.122. The highest BCUT2D eigenvalue weighted by Crippen LogP contribution is 2.33. The summed E-state index contributed by atoms with van der Waals surface area (Å²) >= 11 is 2.98. The van der Waals surface area contributed by atoms with Gasteiger partial charge in [0.15, 0.2) is 0 Å². The zero-order valence-electron chi connectivity index (χ0n) is 10.5. The Morgan fingerprint density at radius 3 is 2.89 bits per heavy atom. The lowest BCUT2D eigenvalue weighted by atomic mass is 9.94. The van der Waals surface area contributed by atoms with Crippen LogP contribution in [0.2, 0.25) is 0 Å². The van der Waals surface area contributed by atoms with Crippen LogP contribution >= 0.6 is 22.7 Å². The smallest absolute Gasteiger partial charge is 0.246 e. The number of hydrogen-bond donors (Lipinski definition) is 2. The van der Waals surface area contributed by atoms with Crippen molar-refractivity contribution in [3.63, 3.8) is 0 Å². The molecule has 0 aromatic carbocycles. The van der Waals surface area contributed by atoms with Crippen molar-refractivity contribution < 1.29 is 14.6 Å². The molecule has 0 unspecified atom stereocenters. The van der Waals surface area contributed by atoms with Gasteiger partial charge in [-0.05, 0) is 28.3 Å². The van der Waals surface area contributed by atoms with E-state index in [1.54, 1.807) is 0 Å². The van der Waals surface area contributed by atoms with Crippen LogP contribution < -0.4 is 5.32 Å². The van der Waals surface area contributed by atoms with Crippen LogP contribution in [-0.2, 0) is 15.1 Å². The molecule has 0 fully saturated rings. The Hall–Kier alpha value is -1.21. The van der Waals surface area contributed by atoms with Gasteiger partial charge >= 0.3 is 0 Å². The van der Waals surface area contributed by atoms with Crippen molar-refractivity contribution in [2.24, 2.45) is 0 Å². The first-order valence-corrected chi connectivity index (χ1v) is 7.54. The van der Waals surface area contributed by atoms with Gasteiger partial charge in [-0.25, -0.2) is 0 Å². The molecule has 102 valence electrons. The van der Waals surface area contributed by atoms with Crippen LogP contribution in [0.3, 0.4) is 0 Å². The second-order valence-corrected chi connectivity index (χ2v) is 5.79.